The number of pyridine rings is 1. The minimum absolute atomic E-state index is 0. The van der Waals surface area contributed by atoms with Crippen LogP contribution in [0.5, 0.6) is 0 Å². The molecule has 2 fully saturated rings. The van der Waals surface area contributed by atoms with E-state index in [9.17, 15) is 9.59 Å². The smallest absolute Gasteiger partial charge is 0.253 e. The lowest BCUT2D eigenvalue weighted by Gasteiger charge is -2.11. The van der Waals surface area contributed by atoms with Crippen molar-refractivity contribution in [2.75, 3.05) is 6.54 Å². The summed E-state index contributed by atoms with van der Waals surface area (Å²) in [6.07, 6.45) is 4.52. The first kappa shape index (κ1) is 17.0. The third-order valence-corrected chi connectivity index (χ3v) is 4.76. The fourth-order valence-corrected chi connectivity index (χ4v) is 3.30. The van der Waals surface area contributed by atoms with Crippen LogP contribution in [0.3, 0.4) is 0 Å². The summed E-state index contributed by atoms with van der Waals surface area (Å²) in [5, 5.41) is 7.01. The van der Waals surface area contributed by atoms with Gasteiger partial charge in [0, 0.05) is 23.2 Å². The first-order valence-electron chi connectivity index (χ1n) is 7.79. The number of carbonyl (C=O) groups excluding carboxylic acids is 2. The minimum atomic E-state index is -0.459. The van der Waals surface area contributed by atoms with E-state index in [0.717, 1.165) is 21.5 Å². The Morgan fingerprint density at radius 2 is 2.04 bits per heavy atom. The van der Waals surface area contributed by atoms with Gasteiger partial charge in [-0.25, -0.2) is 0 Å². The average Bonchev–Trinajstić information content (AvgIpc) is 3.30. The summed E-state index contributed by atoms with van der Waals surface area (Å²) in [5.74, 6) is 0.130. The summed E-state index contributed by atoms with van der Waals surface area (Å²) < 4.78 is 0. The lowest BCUT2D eigenvalue weighted by molar-refractivity contribution is -0.120. The SMILES string of the molecule is Cl.O=C(NC1CCNC1=O)c1cnc2cc(C3CC3)c(Cl)cc2c1. The molecule has 2 aliphatic rings. The summed E-state index contributed by atoms with van der Waals surface area (Å²) in [4.78, 5) is 28.2. The van der Waals surface area contributed by atoms with Gasteiger partial charge >= 0.3 is 0 Å². The maximum absolute atomic E-state index is 12.3. The molecule has 1 aromatic carbocycles. The highest BCUT2D eigenvalue weighted by Crippen LogP contribution is 2.44. The zero-order valence-corrected chi connectivity index (χ0v) is 14.4. The molecular weight excluding hydrogens is 349 g/mol. The fraction of sp³-hybridized carbons (Fsp3) is 0.353. The number of hydrogen-bond donors (Lipinski definition) is 2. The van der Waals surface area contributed by atoms with Crippen molar-refractivity contribution in [1.29, 1.82) is 0 Å². The molecule has 1 atom stereocenters. The van der Waals surface area contributed by atoms with Gasteiger partial charge in [0.2, 0.25) is 5.91 Å². The van der Waals surface area contributed by atoms with Gasteiger partial charge in [0.05, 0.1) is 11.1 Å². The second-order valence-corrected chi connectivity index (χ2v) is 6.58. The van der Waals surface area contributed by atoms with Crippen LogP contribution in [0.2, 0.25) is 5.02 Å². The van der Waals surface area contributed by atoms with Gasteiger partial charge in [-0.05, 0) is 48.9 Å². The van der Waals surface area contributed by atoms with E-state index >= 15 is 0 Å². The summed E-state index contributed by atoms with van der Waals surface area (Å²) in [6, 6.07) is 5.20. The summed E-state index contributed by atoms with van der Waals surface area (Å²) >= 11 is 6.35. The van der Waals surface area contributed by atoms with E-state index in [1.54, 1.807) is 12.3 Å². The maximum Gasteiger partial charge on any atom is 0.253 e. The number of nitrogens with one attached hydrogen (secondary N) is 2. The third-order valence-electron chi connectivity index (χ3n) is 4.43. The highest BCUT2D eigenvalue weighted by atomic mass is 35.5. The summed E-state index contributed by atoms with van der Waals surface area (Å²) in [6.45, 7) is 0.597. The van der Waals surface area contributed by atoms with Crippen LogP contribution in [-0.4, -0.2) is 29.4 Å². The Morgan fingerprint density at radius 1 is 1.25 bits per heavy atom. The van der Waals surface area contributed by atoms with Crippen molar-refractivity contribution in [2.24, 2.45) is 0 Å². The second-order valence-electron chi connectivity index (χ2n) is 6.17. The molecule has 24 heavy (non-hydrogen) atoms. The number of amides is 2. The lowest BCUT2D eigenvalue weighted by Crippen LogP contribution is -2.40. The molecule has 0 bridgehead atoms. The number of halogens is 2. The zero-order valence-electron chi connectivity index (χ0n) is 12.8. The lowest BCUT2D eigenvalue weighted by atomic mass is 10.1. The first-order valence-corrected chi connectivity index (χ1v) is 8.17. The molecule has 1 aliphatic heterocycles. The molecule has 2 heterocycles. The molecular formula is C17H17Cl2N3O2. The quantitative estimate of drug-likeness (QED) is 0.878. The average molecular weight is 366 g/mol. The molecule has 2 aromatic rings. The van der Waals surface area contributed by atoms with Crippen molar-refractivity contribution in [3.63, 3.8) is 0 Å². The Labute approximate surface area is 150 Å². The predicted molar refractivity (Wildman–Crippen MR) is 94.9 cm³/mol. The third kappa shape index (κ3) is 3.19. The van der Waals surface area contributed by atoms with Gasteiger partial charge in [-0.2, -0.15) is 0 Å². The van der Waals surface area contributed by atoms with Gasteiger partial charge in [0.1, 0.15) is 6.04 Å². The Morgan fingerprint density at radius 3 is 2.71 bits per heavy atom. The van der Waals surface area contributed by atoms with Crippen molar-refractivity contribution >= 4 is 46.7 Å². The Balaban J connectivity index is 0.00000169. The largest absolute Gasteiger partial charge is 0.354 e. The normalized spacial score (nSPS) is 19.7. The Bertz CT molecular complexity index is 821. The number of nitrogens with zero attached hydrogens (tertiary/aromatic N) is 1. The van der Waals surface area contributed by atoms with E-state index < -0.39 is 6.04 Å². The van der Waals surface area contributed by atoms with Gasteiger partial charge < -0.3 is 10.6 Å². The molecule has 1 saturated heterocycles. The first-order chi connectivity index (χ1) is 11.1. The van der Waals surface area contributed by atoms with E-state index in [1.165, 1.54) is 12.8 Å². The molecule has 1 aliphatic carbocycles. The standard InChI is InChI=1S/C17H16ClN3O2.ClH/c18-13-6-10-5-11(16(22)21-14-3-4-19-17(14)23)8-20-15(10)7-12(13)9-1-2-9;/h5-9,14H,1-4H2,(H,19,23)(H,21,22);1H. The van der Waals surface area contributed by atoms with Crippen LogP contribution in [0.15, 0.2) is 24.4 Å². The van der Waals surface area contributed by atoms with Crippen LogP contribution in [0.4, 0.5) is 0 Å². The van der Waals surface area contributed by atoms with Crippen LogP contribution in [0, 0.1) is 0 Å². The van der Waals surface area contributed by atoms with Gasteiger partial charge in [0.15, 0.2) is 0 Å². The van der Waals surface area contributed by atoms with Crippen LogP contribution >= 0.6 is 24.0 Å². The van der Waals surface area contributed by atoms with Gasteiger partial charge in [-0.3, -0.25) is 14.6 Å². The number of aromatic nitrogens is 1. The molecule has 4 rings (SSSR count). The number of rotatable bonds is 3. The monoisotopic (exact) mass is 365 g/mol. The van der Waals surface area contributed by atoms with Crippen LogP contribution in [0.1, 0.15) is 41.1 Å². The van der Waals surface area contributed by atoms with E-state index in [0.29, 0.717) is 24.4 Å². The molecule has 1 unspecified atom stereocenters. The van der Waals surface area contributed by atoms with Gasteiger partial charge in [-0.1, -0.05) is 11.6 Å². The zero-order chi connectivity index (χ0) is 16.0. The Kier molecular flexibility index (Phi) is 4.65. The summed E-state index contributed by atoms with van der Waals surface area (Å²) in [7, 11) is 0. The Hall–Kier alpha value is -1.85. The molecule has 5 nitrogen and oxygen atoms in total. The molecule has 0 radical (unpaired) electrons. The molecule has 2 N–H and O–H groups in total. The number of carbonyl (C=O) groups is 2. The van der Waals surface area contributed by atoms with Crippen molar-refractivity contribution in [2.45, 2.75) is 31.2 Å². The van der Waals surface area contributed by atoms with Crippen molar-refractivity contribution < 1.29 is 9.59 Å². The summed E-state index contributed by atoms with van der Waals surface area (Å²) in [5.41, 5.74) is 2.42. The van der Waals surface area contributed by atoms with E-state index in [4.69, 9.17) is 11.6 Å². The van der Waals surface area contributed by atoms with Crippen molar-refractivity contribution in [3.05, 3.63) is 40.5 Å². The van der Waals surface area contributed by atoms with Crippen LogP contribution in [-0.2, 0) is 4.79 Å². The highest BCUT2D eigenvalue weighted by molar-refractivity contribution is 6.32. The minimum Gasteiger partial charge on any atom is -0.354 e. The molecule has 126 valence electrons. The van der Waals surface area contributed by atoms with Gasteiger partial charge in [0.25, 0.3) is 5.91 Å². The molecule has 0 spiro atoms. The fourth-order valence-electron chi connectivity index (χ4n) is 2.97. The van der Waals surface area contributed by atoms with Crippen molar-refractivity contribution in [1.82, 2.24) is 15.6 Å². The predicted octanol–water partition coefficient (Wildman–Crippen LogP) is 2.81. The number of hydrogen-bond acceptors (Lipinski definition) is 3. The molecule has 7 heteroatoms. The number of benzene rings is 1. The van der Waals surface area contributed by atoms with E-state index in [-0.39, 0.29) is 24.2 Å². The molecule has 1 aromatic heterocycles. The highest BCUT2D eigenvalue weighted by Gasteiger charge is 2.27. The van der Waals surface area contributed by atoms with Crippen molar-refractivity contribution in [3.8, 4) is 0 Å². The topological polar surface area (TPSA) is 71.1 Å². The second kappa shape index (κ2) is 6.57. The van der Waals surface area contributed by atoms with E-state index in [1.807, 2.05) is 12.1 Å². The van der Waals surface area contributed by atoms with E-state index in [2.05, 4.69) is 15.6 Å². The maximum atomic E-state index is 12.3. The van der Waals surface area contributed by atoms with Crippen LogP contribution in [0.25, 0.3) is 10.9 Å². The molecule has 2 amide bonds. The van der Waals surface area contributed by atoms with Crippen LogP contribution < -0.4 is 10.6 Å². The number of fused-ring (bicyclic) bond motifs is 1. The van der Waals surface area contributed by atoms with Gasteiger partial charge in [-0.15, -0.1) is 12.4 Å². The molecule has 1 saturated carbocycles.